The summed E-state index contributed by atoms with van der Waals surface area (Å²) in [5, 5.41) is 24.6. The van der Waals surface area contributed by atoms with Crippen LogP contribution in [0.5, 0.6) is 0 Å². The minimum absolute atomic E-state index is 0.210. The van der Waals surface area contributed by atoms with E-state index in [1.165, 1.54) is 0 Å². The van der Waals surface area contributed by atoms with E-state index in [1.807, 2.05) is 34.0 Å². The molecule has 1 saturated heterocycles. The van der Waals surface area contributed by atoms with Crippen molar-refractivity contribution < 1.29 is 5.11 Å². The topological polar surface area (TPSA) is 97.8 Å². The van der Waals surface area contributed by atoms with Crippen molar-refractivity contribution in [3.05, 3.63) is 23.9 Å². The Hall–Kier alpha value is -2.55. The molecule has 1 atom stereocenters. The first-order chi connectivity index (χ1) is 11.9. The van der Waals surface area contributed by atoms with E-state index in [1.54, 1.807) is 15.6 Å². The largest absolute Gasteiger partial charge is 0.381 e. The quantitative estimate of drug-likeness (QED) is 0.756. The molecule has 4 rings (SSSR count). The molecule has 3 aromatic rings. The highest BCUT2D eigenvalue weighted by Gasteiger charge is 2.41. The normalized spacial score (nSPS) is 21.0. The third-order valence-corrected chi connectivity index (χ3v) is 4.75. The number of fused-ring (bicyclic) bond motifs is 1. The number of rotatable bonds is 3. The summed E-state index contributed by atoms with van der Waals surface area (Å²) in [6.45, 7) is 7.04. The SMILES string of the molecule is Cc1nc(N2CC[C@@](O)(c3cn(C(C)C)nn3)C2)c2cnn(C)c2n1. The fraction of sp³-hybridized carbons (Fsp3) is 0.562. The fourth-order valence-corrected chi connectivity index (χ4v) is 3.28. The summed E-state index contributed by atoms with van der Waals surface area (Å²) < 4.78 is 3.51. The molecule has 1 aliphatic rings. The van der Waals surface area contributed by atoms with Crippen molar-refractivity contribution in [2.45, 2.75) is 38.8 Å². The zero-order valence-electron chi connectivity index (χ0n) is 14.9. The number of hydrogen-bond acceptors (Lipinski definition) is 7. The van der Waals surface area contributed by atoms with Gasteiger partial charge in [0.2, 0.25) is 0 Å². The smallest absolute Gasteiger partial charge is 0.163 e. The maximum Gasteiger partial charge on any atom is 0.163 e. The van der Waals surface area contributed by atoms with Crippen LogP contribution in [0.15, 0.2) is 12.4 Å². The van der Waals surface area contributed by atoms with E-state index in [2.05, 4.69) is 30.3 Å². The van der Waals surface area contributed by atoms with Gasteiger partial charge >= 0.3 is 0 Å². The lowest BCUT2D eigenvalue weighted by Crippen LogP contribution is -2.31. The van der Waals surface area contributed by atoms with Crippen molar-refractivity contribution in [1.29, 1.82) is 0 Å². The molecule has 9 heteroatoms. The van der Waals surface area contributed by atoms with Crippen LogP contribution in [0.2, 0.25) is 0 Å². The highest BCUT2D eigenvalue weighted by Crippen LogP contribution is 2.35. The fourth-order valence-electron chi connectivity index (χ4n) is 3.28. The lowest BCUT2D eigenvalue weighted by Gasteiger charge is -2.22. The van der Waals surface area contributed by atoms with E-state index in [0.717, 1.165) is 16.9 Å². The zero-order chi connectivity index (χ0) is 17.8. The Morgan fingerprint density at radius 2 is 2.08 bits per heavy atom. The van der Waals surface area contributed by atoms with Crippen LogP contribution >= 0.6 is 0 Å². The highest BCUT2D eigenvalue weighted by atomic mass is 16.3. The van der Waals surface area contributed by atoms with Crippen molar-refractivity contribution in [2.24, 2.45) is 7.05 Å². The van der Waals surface area contributed by atoms with Crippen LogP contribution in [0, 0.1) is 6.92 Å². The van der Waals surface area contributed by atoms with Gasteiger partial charge in [-0.2, -0.15) is 5.10 Å². The number of aromatic nitrogens is 7. The van der Waals surface area contributed by atoms with Crippen LogP contribution < -0.4 is 4.90 Å². The molecular formula is C16H22N8O. The summed E-state index contributed by atoms with van der Waals surface area (Å²) in [4.78, 5) is 11.1. The van der Waals surface area contributed by atoms with Gasteiger partial charge in [-0.1, -0.05) is 5.21 Å². The molecule has 0 bridgehead atoms. The second kappa shape index (κ2) is 5.48. The average molecular weight is 342 g/mol. The summed E-state index contributed by atoms with van der Waals surface area (Å²) in [6.07, 6.45) is 4.18. The zero-order valence-corrected chi connectivity index (χ0v) is 14.9. The molecule has 0 saturated carbocycles. The molecule has 25 heavy (non-hydrogen) atoms. The van der Waals surface area contributed by atoms with Crippen molar-refractivity contribution in [3.8, 4) is 0 Å². The molecule has 0 unspecified atom stereocenters. The molecule has 3 aromatic heterocycles. The van der Waals surface area contributed by atoms with Crippen molar-refractivity contribution in [1.82, 2.24) is 34.7 Å². The van der Waals surface area contributed by atoms with Gasteiger partial charge in [-0.15, -0.1) is 5.10 Å². The van der Waals surface area contributed by atoms with Crippen molar-refractivity contribution in [3.63, 3.8) is 0 Å². The third kappa shape index (κ3) is 2.55. The molecule has 0 aromatic carbocycles. The maximum absolute atomic E-state index is 11.1. The van der Waals surface area contributed by atoms with E-state index in [4.69, 9.17) is 0 Å². The standard InChI is InChI=1S/C16H22N8O/c1-10(2)24-8-13(20-21-24)16(25)5-6-23(9-16)15-12-7-17-22(4)14(12)18-11(3)19-15/h7-8,10,25H,5-6,9H2,1-4H3/t16-/m0/s1. The molecule has 9 nitrogen and oxygen atoms in total. The van der Waals surface area contributed by atoms with Gasteiger partial charge in [0.15, 0.2) is 5.65 Å². The average Bonchev–Trinajstić information content (AvgIpc) is 3.27. The molecule has 0 aliphatic carbocycles. The number of β-amino-alcohol motifs (C(OH)–C–C–N with tert-alkyl or cyclic N) is 1. The predicted octanol–water partition coefficient (Wildman–Crippen LogP) is 0.942. The molecule has 0 amide bonds. The van der Waals surface area contributed by atoms with Gasteiger partial charge < -0.3 is 10.0 Å². The van der Waals surface area contributed by atoms with Crippen LogP contribution in [0.25, 0.3) is 11.0 Å². The molecule has 4 heterocycles. The number of hydrogen-bond donors (Lipinski definition) is 1. The minimum Gasteiger partial charge on any atom is -0.381 e. The molecule has 1 N–H and O–H groups in total. The first-order valence-electron chi connectivity index (χ1n) is 8.43. The lowest BCUT2D eigenvalue weighted by atomic mass is 10.00. The molecule has 0 spiro atoms. The van der Waals surface area contributed by atoms with Crippen LogP contribution in [0.4, 0.5) is 5.82 Å². The van der Waals surface area contributed by atoms with Gasteiger partial charge in [-0.05, 0) is 20.8 Å². The van der Waals surface area contributed by atoms with E-state index < -0.39 is 5.60 Å². The third-order valence-electron chi connectivity index (χ3n) is 4.75. The molecule has 132 valence electrons. The second-order valence-corrected chi connectivity index (χ2v) is 6.98. The summed E-state index contributed by atoms with van der Waals surface area (Å²) in [7, 11) is 1.86. The van der Waals surface area contributed by atoms with Gasteiger partial charge in [0.25, 0.3) is 0 Å². The Morgan fingerprint density at radius 3 is 2.80 bits per heavy atom. The maximum atomic E-state index is 11.1. The molecule has 1 aliphatic heterocycles. The van der Waals surface area contributed by atoms with Gasteiger partial charge in [-0.3, -0.25) is 4.68 Å². The van der Waals surface area contributed by atoms with E-state index in [9.17, 15) is 5.11 Å². The van der Waals surface area contributed by atoms with Crippen LogP contribution in [-0.4, -0.2) is 52.9 Å². The van der Waals surface area contributed by atoms with Crippen molar-refractivity contribution >= 4 is 16.9 Å². The van der Waals surface area contributed by atoms with Crippen LogP contribution in [-0.2, 0) is 12.6 Å². The van der Waals surface area contributed by atoms with Crippen molar-refractivity contribution in [2.75, 3.05) is 18.0 Å². The molecule has 0 radical (unpaired) electrons. The second-order valence-electron chi connectivity index (χ2n) is 6.98. The predicted molar refractivity (Wildman–Crippen MR) is 92.2 cm³/mol. The molecular weight excluding hydrogens is 320 g/mol. The van der Waals surface area contributed by atoms with Gasteiger partial charge in [-0.25, -0.2) is 14.6 Å². The Balaban J connectivity index is 1.68. The Labute approximate surface area is 145 Å². The number of anilines is 1. The highest BCUT2D eigenvalue weighted by molar-refractivity contribution is 5.87. The van der Waals surface area contributed by atoms with Gasteiger partial charge in [0, 0.05) is 26.1 Å². The molecule has 1 fully saturated rings. The summed E-state index contributed by atoms with van der Waals surface area (Å²) in [5.74, 6) is 1.50. The first kappa shape index (κ1) is 15.9. The first-order valence-corrected chi connectivity index (χ1v) is 8.43. The van der Waals surface area contributed by atoms with E-state index in [0.29, 0.717) is 31.0 Å². The van der Waals surface area contributed by atoms with Crippen LogP contribution in [0.1, 0.15) is 37.8 Å². The number of aryl methyl sites for hydroxylation is 2. The van der Waals surface area contributed by atoms with E-state index in [-0.39, 0.29) is 6.04 Å². The Bertz CT molecular complexity index is 930. The lowest BCUT2D eigenvalue weighted by molar-refractivity contribution is 0.0559. The Morgan fingerprint density at radius 1 is 1.28 bits per heavy atom. The minimum atomic E-state index is -1.03. The monoisotopic (exact) mass is 342 g/mol. The van der Waals surface area contributed by atoms with E-state index >= 15 is 0 Å². The van der Waals surface area contributed by atoms with Crippen LogP contribution in [0.3, 0.4) is 0 Å². The van der Waals surface area contributed by atoms with Gasteiger partial charge in [0.05, 0.1) is 24.3 Å². The Kier molecular flexibility index (Phi) is 3.50. The van der Waals surface area contributed by atoms with Gasteiger partial charge in [0.1, 0.15) is 22.9 Å². The number of aliphatic hydroxyl groups is 1. The summed E-state index contributed by atoms with van der Waals surface area (Å²) in [6, 6.07) is 0.210. The summed E-state index contributed by atoms with van der Waals surface area (Å²) in [5.41, 5.74) is 0.376. The summed E-state index contributed by atoms with van der Waals surface area (Å²) >= 11 is 0. The number of nitrogens with zero attached hydrogens (tertiary/aromatic N) is 8.